The van der Waals surface area contributed by atoms with E-state index in [9.17, 15) is 14.7 Å². The average Bonchev–Trinajstić information content (AvgIpc) is 2.54. The molecule has 3 amide bonds. The van der Waals surface area contributed by atoms with Gasteiger partial charge in [-0.05, 0) is 37.5 Å². The van der Waals surface area contributed by atoms with Crippen molar-refractivity contribution in [1.82, 2.24) is 5.32 Å². The second kappa shape index (κ2) is 8.65. The van der Waals surface area contributed by atoms with Crippen LogP contribution in [0, 0.1) is 6.92 Å². The van der Waals surface area contributed by atoms with Crippen LogP contribution in [0.1, 0.15) is 31.2 Å². The molecule has 1 aromatic rings. The number of anilines is 2. The Labute approximate surface area is 141 Å². The van der Waals surface area contributed by atoms with E-state index in [2.05, 4.69) is 16.0 Å². The first-order valence-electron chi connectivity index (χ1n) is 8.15. The van der Waals surface area contributed by atoms with Crippen LogP contribution >= 0.6 is 0 Å². The Morgan fingerprint density at radius 1 is 1.21 bits per heavy atom. The van der Waals surface area contributed by atoms with Gasteiger partial charge in [0.15, 0.2) is 0 Å². The van der Waals surface area contributed by atoms with E-state index in [0.717, 1.165) is 24.8 Å². The molecule has 1 aliphatic carbocycles. The highest BCUT2D eigenvalue weighted by molar-refractivity contribution is 5.95. The Kier molecular flexibility index (Phi) is 6.57. The number of benzene rings is 1. The van der Waals surface area contributed by atoms with Gasteiger partial charge in [0.25, 0.3) is 0 Å². The lowest BCUT2D eigenvalue weighted by Gasteiger charge is -2.28. The topological polar surface area (TPSA) is 99.7 Å². The lowest BCUT2D eigenvalue weighted by atomic mass is 9.93. The predicted molar refractivity (Wildman–Crippen MR) is 92.1 cm³/mol. The summed E-state index contributed by atoms with van der Waals surface area (Å²) in [5.74, 6) is -0.257. The summed E-state index contributed by atoms with van der Waals surface area (Å²) in [7, 11) is 1.45. The molecule has 132 valence electrons. The van der Waals surface area contributed by atoms with Crippen LogP contribution in [0.2, 0.25) is 0 Å². The molecule has 0 bridgehead atoms. The molecule has 1 saturated carbocycles. The van der Waals surface area contributed by atoms with E-state index in [1.807, 2.05) is 6.92 Å². The van der Waals surface area contributed by atoms with E-state index >= 15 is 0 Å². The van der Waals surface area contributed by atoms with Crippen molar-refractivity contribution in [2.45, 2.75) is 44.8 Å². The van der Waals surface area contributed by atoms with Crippen molar-refractivity contribution in [3.05, 3.63) is 23.8 Å². The summed E-state index contributed by atoms with van der Waals surface area (Å²) in [6, 6.07) is 4.70. The third-order valence-electron chi connectivity index (χ3n) is 4.18. The van der Waals surface area contributed by atoms with E-state index in [0.29, 0.717) is 17.8 Å². The third-order valence-corrected chi connectivity index (χ3v) is 4.18. The van der Waals surface area contributed by atoms with Gasteiger partial charge in [0.2, 0.25) is 5.91 Å². The molecule has 2 rings (SSSR count). The number of aliphatic hydroxyl groups excluding tert-OH is 1. The zero-order valence-corrected chi connectivity index (χ0v) is 14.1. The van der Waals surface area contributed by atoms with Gasteiger partial charge in [0.1, 0.15) is 6.61 Å². The summed E-state index contributed by atoms with van der Waals surface area (Å²) in [5.41, 5.74) is 1.97. The lowest BCUT2D eigenvalue weighted by molar-refractivity contribution is -0.119. The fourth-order valence-corrected chi connectivity index (χ4v) is 2.83. The molecule has 2 unspecified atom stereocenters. The Bertz CT molecular complexity index is 591. The monoisotopic (exact) mass is 335 g/mol. The molecule has 7 nitrogen and oxygen atoms in total. The van der Waals surface area contributed by atoms with Crippen LogP contribution in [0.25, 0.3) is 0 Å². The van der Waals surface area contributed by atoms with E-state index in [1.165, 1.54) is 7.11 Å². The SMILES string of the molecule is COCC(=O)Nc1cccc(NC(=O)NC2CCCCC2O)c1C. The quantitative estimate of drug-likeness (QED) is 0.661. The number of methoxy groups -OCH3 is 1. The first kappa shape index (κ1) is 18.2. The number of carbonyl (C=O) groups is 2. The lowest BCUT2D eigenvalue weighted by Crippen LogP contribution is -2.46. The number of carbonyl (C=O) groups excluding carboxylic acids is 2. The number of urea groups is 1. The Morgan fingerprint density at radius 3 is 2.54 bits per heavy atom. The highest BCUT2D eigenvalue weighted by atomic mass is 16.5. The molecule has 4 N–H and O–H groups in total. The van der Waals surface area contributed by atoms with Crippen molar-refractivity contribution in [2.75, 3.05) is 24.4 Å². The van der Waals surface area contributed by atoms with Crippen LogP contribution in [0.3, 0.4) is 0 Å². The largest absolute Gasteiger partial charge is 0.391 e. The Morgan fingerprint density at radius 2 is 1.88 bits per heavy atom. The summed E-state index contributed by atoms with van der Waals surface area (Å²) in [6.07, 6.45) is 2.99. The van der Waals surface area contributed by atoms with Crippen LogP contribution in [0.5, 0.6) is 0 Å². The zero-order chi connectivity index (χ0) is 17.5. The van der Waals surface area contributed by atoms with Crippen molar-refractivity contribution < 1.29 is 19.4 Å². The Hall–Kier alpha value is -2.12. The van der Waals surface area contributed by atoms with Gasteiger partial charge in [-0.2, -0.15) is 0 Å². The van der Waals surface area contributed by atoms with Gasteiger partial charge in [-0.1, -0.05) is 18.9 Å². The third kappa shape index (κ3) is 4.94. The normalized spacial score (nSPS) is 20.3. The fraction of sp³-hybridized carbons (Fsp3) is 0.529. The van der Waals surface area contributed by atoms with E-state index in [-0.39, 0.29) is 24.6 Å². The van der Waals surface area contributed by atoms with Gasteiger partial charge in [-0.3, -0.25) is 4.79 Å². The van der Waals surface area contributed by atoms with Crippen LogP contribution in [0.15, 0.2) is 18.2 Å². The number of amides is 3. The molecule has 0 radical (unpaired) electrons. The molecular formula is C17H25N3O4. The summed E-state index contributed by atoms with van der Waals surface area (Å²) in [5, 5.41) is 18.3. The smallest absolute Gasteiger partial charge is 0.319 e. The van der Waals surface area contributed by atoms with Crippen molar-refractivity contribution in [3.8, 4) is 0 Å². The van der Waals surface area contributed by atoms with Gasteiger partial charge < -0.3 is 25.8 Å². The highest BCUT2D eigenvalue weighted by Gasteiger charge is 2.24. The second-order valence-corrected chi connectivity index (χ2v) is 6.02. The van der Waals surface area contributed by atoms with Crippen molar-refractivity contribution in [1.29, 1.82) is 0 Å². The molecule has 1 fully saturated rings. The van der Waals surface area contributed by atoms with Gasteiger partial charge in [-0.25, -0.2) is 4.79 Å². The first-order valence-corrected chi connectivity index (χ1v) is 8.15. The molecule has 0 saturated heterocycles. The molecule has 0 aliphatic heterocycles. The molecule has 0 aromatic heterocycles. The van der Waals surface area contributed by atoms with E-state index in [4.69, 9.17) is 4.74 Å². The van der Waals surface area contributed by atoms with Crippen LogP contribution in [0.4, 0.5) is 16.2 Å². The van der Waals surface area contributed by atoms with E-state index < -0.39 is 6.10 Å². The number of aliphatic hydroxyl groups is 1. The molecule has 0 heterocycles. The molecule has 24 heavy (non-hydrogen) atoms. The minimum atomic E-state index is -0.495. The van der Waals surface area contributed by atoms with Gasteiger partial charge in [0, 0.05) is 18.5 Å². The molecular weight excluding hydrogens is 310 g/mol. The maximum atomic E-state index is 12.2. The summed E-state index contributed by atoms with van der Waals surface area (Å²) in [6.45, 7) is 1.78. The van der Waals surface area contributed by atoms with Crippen molar-refractivity contribution in [3.63, 3.8) is 0 Å². The number of nitrogens with one attached hydrogen (secondary N) is 3. The van der Waals surface area contributed by atoms with Crippen LogP contribution in [-0.4, -0.2) is 42.9 Å². The highest BCUT2D eigenvalue weighted by Crippen LogP contribution is 2.24. The molecule has 1 aromatic carbocycles. The molecule has 2 atom stereocenters. The van der Waals surface area contributed by atoms with E-state index in [1.54, 1.807) is 18.2 Å². The maximum Gasteiger partial charge on any atom is 0.319 e. The number of hydrogen-bond donors (Lipinski definition) is 4. The standard InChI is InChI=1S/C17H25N3O4/c1-11-12(18-16(22)10-24-2)7-5-8-13(11)19-17(23)20-14-6-3-4-9-15(14)21/h5,7-8,14-15,21H,3-4,6,9-10H2,1-2H3,(H,18,22)(H2,19,20,23). The maximum absolute atomic E-state index is 12.2. The molecule has 1 aliphatic rings. The van der Waals surface area contributed by atoms with Crippen LogP contribution in [-0.2, 0) is 9.53 Å². The van der Waals surface area contributed by atoms with Crippen molar-refractivity contribution >= 4 is 23.3 Å². The van der Waals surface area contributed by atoms with Gasteiger partial charge >= 0.3 is 6.03 Å². The Balaban J connectivity index is 1.98. The minimum Gasteiger partial charge on any atom is -0.391 e. The second-order valence-electron chi connectivity index (χ2n) is 6.02. The molecule has 0 spiro atoms. The summed E-state index contributed by atoms with van der Waals surface area (Å²) >= 11 is 0. The number of ether oxygens (including phenoxy) is 1. The summed E-state index contributed by atoms with van der Waals surface area (Å²) < 4.78 is 4.79. The predicted octanol–water partition coefficient (Wildman–Crippen LogP) is 2.00. The fourth-order valence-electron chi connectivity index (χ4n) is 2.83. The van der Waals surface area contributed by atoms with Gasteiger partial charge in [-0.15, -0.1) is 0 Å². The molecule has 7 heteroatoms. The average molecular weight is 335 g/mol. The van der Waals surface area contributed by atoms with Crippen molar-refractivity contribution in [2.24, 2.45) is 0 Å². The first-order chi connectivity index (χ1) is 11.5. The number of rotatable bonds is 5. The zero-order valence-electron chi connectivity index (χ0n) is 14.1. The van der Waals surface area contributed by atoms with Gasteiger partial charge in [0.05, 0.1) is 12.1 Å². The van der Waals surface area contributed by atoms with Crippen LogP contribution < -0.4 is 16.0 Å². The minimum absolute atomic E-state index is 0.0306. The summed E-state index contributed by atoms with van der Waals surface area (Å²) in [4.78, 5) is 23.8. The number of hydrogen-bond acceptors (Lipinski definition) is 4.